The van der Waals surface area contributed by atoms with Crippen LogP contribution in [-0.4, -0.2) is 40.3 Å². The van der Waals surface area contributed by atoms with Crippen LogP contribution in [0.15, 0.2) is 28.6 Å². The number of carbonyl (C=O) groups excluding carboxylic acids is 3. The van der Waals surface area contributed by atoms with Gasteiger partial charge >= 0.3 is 5.97 Å². The maximum absolute atomic E-state index is 12.7. The van der Waals surface area contributed by atoms with E-state index in [0.29, 0.717) is 25.6 Å². The van der Waals surface area contributed by atoms with E-state index in [4.69, 9.17) is 4.74 Å². The minimum atomic E-state index is -0.382. The van der Waals surface area contributed by atoms with Crippen LogP contribution in [0.5, 0.6) is 0 Å². The molecule has 0 unspecified atom stereocenters. The van der Waals surface area contributed by atoms with Gasteiger partial charge in [-0.25, -0.2) is 4.79 Å². The van der Waals surface area contributed by atoms with E-state index >= 15 is 0 Å². The predicted octanol–water partition coefficient (Wildman–Crippen LogP) is 5.34. The number of benzene rings is 1. The van der Waals surface area contributed by atoms with Crippen molar-refractivity contribution in [2.75, 3.05) is 23.0 Å². The van der Waals surface area contributed by atoms with E-state index in [2.05, 4.69) is 20.8 Å². The molecule has 0 radical (unpaired) electrons. The van der Waals surface area contributed by atoms with E-state index < -0.39 is 0 Å². The van der Waals surface area contributed by atoms with E-state index in [9.17, 15) is 14.4 Å². The number of thiophene rings is 1. The fraction of sp³-hybridized carbons (Fsp3) is 0.375. The van der Waals surface area contributed by atoms with Crippen LogP contribution in [0.4, 0.5) is 10.1 Å². The van der Waals surface area contributed by atoms with Gasteiger partial charge in [-0.15, -0.1) is 21.5 Å². The Kier molecular flexibility index (Phi) is 8.53. The number of aromatic nitrogens is 2. The number of fused-ring (bicyclic) bond motifs is 1. The van der Waals surface area contributed by atoms with E-state index in [1.54, 1.807) is 19.1 Å². The van der Waals surface area contributed by atoms with Crippen LogP contribution in [0.25, 0.3) is 0 Å². The van der Waals surface area contributed by atoms with Gasteiger partial charge in [0.15, 0.2) is 4.34 Å². The Bertz CT molecular complexity index is 1240. The molecular weight excluding hydrogens is 504 g/mol. The van der Waals surface area contributed by atoms with Crippen molar-refractivity contribution in [1.82, 2.24) is 10.2 Å². The Morgan fingerprint density at radius 1 is 1.09 bits per heavy atom. The van der Waals surface area contributed by atoms with Crippen LogP contribution in [0, 0.1) is 6.92 Å². The van der Waals surface area contributed by atoms with Crippen LogP contribution in [0.3, 0.4) is 0 Å². The molecule has 1 aliphatic rings. The minimum Gasteiger partial charge on any atom is -0.462 e. The molecule has 0 aliphatic heterocycles. The highest BCUT2D eigenvalue weighted by atomic mass is 32.2. The van der Waals surface area contributed by atoms with Gasteiger partial charge < -0.3 is 10.1 Å². The number of thioether (sulfide) groups is 1. The third kappa shape index (κ3) is 6.47. The van der Waals surface area contributed by atoms with Crippen LogP contribution in [0.1, 0.15) is 62.9 Å². The first-order valence-corrected chi connectivity index (χ1v) is 14.0. The van der Waals surface area contributed by atoms with Crippen molar-refractivity contribution < 1.29 is 19.1 Å². The zero-order valence-corrected chi connectivity index (χ0v) is 22.0. The molecule has 0 fully saturated rings. The van der Waals surface area contributed by atoms with Gasteiger partial charge in [-0.1, -0.05) is 47.2 Å². The lowest BCUT2D eigenvalue weighted by Gasteiger charge is -2.08. The molecule has 1 aromatic carbocycles. The molecule has 2 aromatic heterocycles. The first kappa shape index (κ1) is 25.3. The summed E-state index contributed by atoms with van der Waals surface area (Å²) in [5, 5.41) is 14.6. The number of amides is 2. The summed E-state index contributed by atoms with van der Waals surface area (Å²) in [4.78, 5) is 38.9. The highest BCUT2D eigenvalue weighted by Crippen LogP contribution is 2.38. The molecule has 0 saturated heterocycles. The molecule has 35 heavy (non-hydrogen) atoms. The van der Waals surface area contributed by atoms with Gasteiger partial charge in [0.25, 0.3) is 5.91 Å². The Morgan fingerprint density at radius 2 is 1.91 bits per heavy atom. The SMILES string of the molecule is CCOC(=O)c1c(NC(=O)CSc2nnc(NC(=O)c3cccc(C)c3)s2)sc2c1CCCCC2. The number of nitrogens with one attached hydrogen (secondary N) is 2. The molecule has 4 rings (SSSR count). The van der Waals surface area contributed by atoms with Crippen molar-refractivity contribution in [2.45, 2.75) is 50.3 Å². The number of ether oxygens (including phenoxy) is 1. The molecule has 0 spiro atoms. The average molecular weight is 531 g/mol. The quantitative estimate of drug-likeness (QED) is 0.175. The van der Waals surface area contributed by atoms with Crippen molar-refractivity contribution in [3.8, 4) is 0 Å². The molecule has 2 heterocycles. The molecule has 0 saturated carbocycles. The number of hydrogen-bond donors (Lipinski definition) is 2. The summed E-state index contributed by atoms with van der Waals surface area (Å²) in [6.07, 6.45) is 4.99. The van der Waals surface area contributed by atoms with Gasteiger partial charge in [-0.2, -0.15) is 0 Å². The summed E-state index contributed by atoms with van der Waals surface area (Å²) < 4.78 is 5.84. The van der Waals surface area contributed by atoms with Crippen molar-refractivity contribution >= 4 is 62.4 Å². The smallest absolute Gasteiger partial charge is 0.341 e. The third-order valence-electron chi connectivity index (χ3n) is 5.39. The van der Waals surface area contributed by atoms with Gasteiger partial charge in [0.1, 0.15) is 5.00 Å². The maximum atomic E-state index is 12.7. The van der Waals surface area contributed by atoms with E-state index in [1.165, 1.54) is 34.4 Å². The van der Waals surface area contributed by atoms with Crippen LogP contribution < -0.4 is 10.6 Å². The number of aryl methyl sites for hydroxylation is 2. The molecule has 2 amide bonds. The predicted molar refractivity (Wildman–Crippen MR) is 140 cm³/mol. The van der Waals surface area contributed by atoms with Gasteiger partial charge in [0.05, 0.1) is 17.9 Å². The van der Waals surface area contributed by atoms with Crippen molar-refractivity contribution in [3.05, 3.63) is 51.4 Å². The van der Waals surface area contributed by atoms with Crippen molar-refractivity contribution in [3.63, 3.8) is 0 Å². The summed E-state index contributed by atoms with van der Waals surface area (Å²) in [5.41, 5.74) is 3.06. The fourth-order valence-corrected chi connectivity index (χ4v) is 6.65. The zero-order chi connectivity index (χ0) is 24.8. The normalized spacial score (nSPS) is 13.0. The second kappa shape index (κ2) is 11.8. The van der Waals surface area contributed by atoms with Crippen molar-refractivity contribution in [2.24, 2.45) is 0 Å². The van der Waals surface area contributed by atoms with Crippen LogP contribution in [-0.2, 0) is 22.4 Å². The van der Waals surface area contributed by atoms with E-state index in [0.717, 1.165) is 48.1 Å². The fourth-order valence-electron chi connectivity index (χ4n) is 3.81. The molecular formula is C24H26N4O4S3. The number of carbonyl (C=O) groups is 3. The first-order valence-electron chi connectivity index (χ1n) is 11.4. The highest BCUT2D eigenvalue weighted by Gasteiger charge is 2.26. The highest BCUT2D eigenvalue weighted by molar-refractivity contribution is 8.01. The Morgan fingerprint density at radius 3 is 2.71 bits per heavy atom. The Hall–Kier alpha value is -2.76. The Labute approximate surface area is 215 Å². The van der Waals surface area contributed by atoms with E-state index in [-0.39, 0.29) is 30.1 Å². The molecule has 11 heteroatoms. The molecule has 1 aliphatic carbocycles. The second-order valence-corrected chi connectivity index (χ2v) is 11.3. The lowest BCUT2D eigenvalue weighted by atomic mass is 10.1. The summed E-state index contributed by atoms with van der Waals surface area (Å²) >= 11 is 3.91. The topological polar surface area (TPSA) is 110 Å². The third-order valence-corrected chi connectivity index (χ3v) is 8.57. The molecule has 0 atom stereocenters. The molecule has 2 N–H and O–H groups in total. The monoisotopic (exact) mass is 530 g/mol. The first-order chi connectivity index (χ1) is 16.9. The lowest BCUT2D eigenvalue weighted by molar-refractivity contribution is -0.113. The average Bonchev–Trinajstić information content (AvgIpc) is 3.34. The number of rotatable bonds is 8. The van der Waals surface area contributed by atoms with Crippen molar-refractivity contribution in [1.29, 1.82) is 0 Å². The number of nitrogens with zero attached hydrogens (tertiary/aromatic N) is 2. The lowest BCUT2D eigenvalue weighted by Crippen LogP contribution is -2.16. The summed E-state index contributed by atoms with van der Waals surface area (Å²) in [7, 11) is 0. The Balaban J connectivity index is 1.37. The van der Waals surface area contributed by atoms with Gasteiger partial charge in [0, 0.05) is 10.4 Å². The van der Waals surface area contributed by atoms with Gasteiger partial charge in [-0.05, 0) is 57.2 Å². The second-order valence-electron chi connectivity index (χ2n) is 8.02. The summed E-state index contributed by atoms with van der Waals surface area (Å²) in [6.45, 7) is 3.98. The van der Waals surface area contributed by atoms with Gasteiger partial charge in [-0.3, -0.25) is 14.9 Å². The maximum Gasteiger partial charge on any atom is 0.341 e. The van der Waals surface area contributed by atoms with Crippen LogP contribution in [0.2, 0.25) is 0 Å². The minimum absolute atomic E-state index is 0.102. The summed E-state index contributed by atoms with van der Waals surface area (Å²) in [6, 6.07) is 7.27. The molecule has 0 bridgehead atoms. The van der Waals surface area contributed by atoms with E-state index in [1.807, 2.05) is 19.1 Å². The molecule has 3 aromatic rings. The zero-order valence-electron chi connectivity index (χ0n) is 19.5. The standard InChI is InChI=1S/C24H26N4O4S3/c1-3-32-22(31)19-16-10-5-4-6-11-17(16)34-21(19)25-18(29)13-33-24-28-27-23(35-24)26-20(30)15-9-7-8-14(2)12-15/h7-9,12H,3-6,10-11,13H2,1-2H3,(H,25,29)(H,26,27,30). The molecule has 8 nitrogen and oxygen atoms in total. The van der Waals surface area contributed by atoms with Gasteiger partial charge in [0.2, 0.25) is 11.0 Å². The molecule has 184 valence electrons. The number of esters is 1. The largest absolute Gasteiger partial charge is 0.462 e. The van der Waals surface area contributed by atoms with Crippen LogP contribution >= 0.6 is 34.4 Å². The summed E-state index contributed by atoms with van der Waals surface area (Å²) in [5.74, 6) is -0.778. The number of hydrogen-bond acceptors (Lipinski definition) is 9. The number of anilines is 2.